The Labute approximate surface area is 122 Å². The molecule has 0 bridgehead atoms. The van der Waals surface area contributed by atoms with Crippen LogP contribution in [0.4, 0.5) is 0 Å². The average Bonchev–Trinajstić information content (AvgIpc) is 2.87. The van der Waals surface area contributed by atoms with E-state index in [9.17, 15) is 0 Å². The van der Waals surface area contributed by atoms with Crippen molar-refractivity contribution in [2.45, 2.75) is 32.7 Å². The highest BCUT2D eigenvalue weighted by atomic mass is 14.9. The van der Waals surface area contributed by atoms with Crippen molar-refractivity contribution >= 4 is 0 Å². The summed E-state index contributed by atoms with van der Waals surface area (Å²) >= 11 is 0. The molecule has 1 N–H and O–H groups in total. The number of rotatable bonds is 3. The van der Waals surface area contributed by atoms with Crippen molar-refractivity contribution in [3.05, 3.63) is 70.3 Å². The summed E-state index contributed by atoms with van der Waals surface area (Å²) < 4.78 is 0. The topological polar surface area (TPSA) is 12.0 Å². The van der Waals surface area contributed by atoms with Crippen molar-refractivity contribution < 1.29 is 0 Å². The molecule has 0 saturated carbocycles. The zero-order valence-corrected chi connectivity index (χ0v) is 12.6. The lowest BCUT2D eigenvalue weighted by molar-refractivity contribution is 0.395. The molecule has 0 spiro atoms. The highest BCUT2D eigenvalue weighted by Crippen LogP contribution is 2.36. The lowest BCUT2D eigenvalue weighted by atomic mass is 9.87. The largest absolute Gasteiger partial charge is 0.313 e. The van der Waals surface area contributed by atoms with E-state index in [4.69, 9.17) is 0 Å². The van der Waals surface area contributed by atoms with Crippen molar-refractivity contribution in [1.29, 1.82) is 0 Å². The molecule has 0 radical (unpaired) electrons. The highest BCUT2D eigenvalue weighted by Gasteiger charge is 2.29. The van der Waals surface area contributed by atoms with Gasteiger partial charge in [-0.15, -0.1) is 0 Å². The molecule has 20 heavy (non-hydrogen) atoms. The van der Waals surface area contributed by atoms with Crippen molar-refractivity contribution in [3.8, 4) is 0 Å². The first-order valence-corrected chi connectivity index (χ1v) is 7.51. The smallest absolute Gasteiger partial charge is 0.0355 e. The Bertz CT molecular complexity index is 590. The SMILES string of the molecule is CNC(c1cccc(C)c1C)C1Cc2ccccc2C1. The van der Waals surface area contributed by atoms with E-state index >= 15 is 0 Å². The van der Waals surface area contributed by atoms with E-state index in [2.05, 4.69) is 68.7 Å². The molecule has 104 valence electrons. The molecular formula is C19H23N. The summed E-state index contributed by atoms with van der Waals surface area (Å²) in [5, 5.41) is 3.56. The molecule has 3 rings (SSSR count). The van der Waals surface area contributed by atoms with Gasteiger partial charge in [-0.3, -0.25) is 0 Å². The van der Waals surface area contributed by atoms with Crippen LogP contribution in [0.2, 0.25) is 0 Å². The first-order valence-electron chi connectivity index (χ1n) is 7.51. The van der Waals surface area contributed by atoms with E-state index in [1.807, 2.05) is 0 Å². The first kappa shape index (κ1) is 13.4. The lowest BCUT2D eigenvalue weighted by Crippen LogP contribution is -2.26. The molecule has 1 unspecified atom stereocenters. The van der Waals surface area contributed by atoms with E-state index in [0.29, 0.717) is 12.0 Å². The summed E-state index contributed by atoms with van der Waals surface area (Å²) in [5.74, 6) is 0.665. The van der Waals surface area contributed by atoms with Gasteiger partial charge in [0.05, 0.1) is 0 Å². The summed E-state index contributed by atoms with van der Waals surface area (Å²) in [4.78, 5) is 0. The summed E-state index contributed by atoms with van der Waals surface area (Å²) in [6.45, 7) is 4.45. The maximum absolute atomic E-state index is 3.56. The van der Waals surface area contributed by atoms with Gasteiger partial charge >= 0.3 is 0 Å². The number of hydrogen-bond donors (Lipinski definition) is 1. The van der Waals surface area contributed by atoms with Gasteiger partial charge in [-0.1, -0.05) is 42.5 Å². The Morgan fingerprint density at radius 2 is 1.60 bits per heavy atom. The van der Waals surface area contributed by atoms with Gasteiger partial charge in [0, 0.05) is 6.04 Å². The third-order valence-corrected chi connectivity index (χ3v) is 4.85. The Kier molecular flexibility index (Phi) is 3.62. The summed E-state index contributed by atoms with van der Waals surface area (Å²) in [6, 6.07) is 16.0. The van der Waals surface area contributed by atoms with Gasteiger partial charge in [0.25, 0.3) is 0 Å². The molecule has 0 fully saturated rings. The maximum Gasteiger partial charge on any atom is 0.0355 e. The molecule has 0 saturated heterocycles. The average molecular weight is 265 g/mol. The molecule has 1 aliphatic carbocycles. The minimum atomic E-state index is 0.447. The van der Waals surface area contributed by atoms with Crippen LogP contribution < -0.4 is 5.32 Å². The predicted molar refractivity (Wildman–Crippen MR) is 85.1 cm³/mol. The van der Waals surface area contributed by atoms with Crippen LogP contribution in [0.1, 0.15) is 33.9 Å². The summed E-state index contributed by atoms with van der Waals surface area (Å²) in [7, 11) is 2.09. The van der Waals surface area contributed by atoms with Crippen molar-refractivity contribution in [2.24, 2.45) is 5.92 Å². The molecule has 2 aromatic carbocycles. The molecule has 1 atom stereocenters. The van der Waals surface area contributed by atoms with Gasteiger partial charge < -0.3 is 5.32 Å². The number of aryl methyl sites for hydroxylation is 1. The fourth-order valence-electron chi connectivity index (χ4n) is 3.58. The number of nitrogens with one attached hydrogen (secondary N) is 1. The molecule has 1 nitrogen and oxygen atoms in total. The van der Waals surface area contributed by atoms with Gasteiger partial charge in [-0.2, -0.15) is 0 Å². The molecule has 0 aliphatic heterocycles. The normalized spacial score (nSPS) is 16.1. The van der Waals surface area contributed by atoms with Gasteiger partial charge in [0.2, 0.25) is 0 Å². The minimum absolute atomic E-state index is 0.447. The van der Waals surface area contributed by atoms with Crippen LogP contribution in [0.15, 0.2) is 42.5 Å². The van der Waals surface area contributed by atoms with E-state index in [1.54, 1.807) is 0 Å². The highest BCUT2D eigenvalue weighted by molar-refractivity contribution is 5.38. The zero-order chi connectivity index (χ0) is 14.1. The molecule has 2 aromatic rings. The zero-order valence-electron chi connectivity index (χ0n) is 12.6. The van der Waals surface area contributed by atoms with Gasteiger partial charge in [-0.05, 0) is 67.5 Å². The van der Waals surface area contributed by atoms with Crippen LogP contribution in [0.25, 0.3) is 0 Å². The molecule has 0 aromatic heterocycles. The second-order valence-corrected chi connectivity index (χ2v) is 5.99. The Hall–Kier alpha value is -1.60. The van der Waals surface area contributed by atoms with Crippen molar-refractivity contribution in [1.82, 2.24) is 5.32 Å². The number of hydrogen-bond acceptors (Lipinski definition) is 1. The minimum Gasteiger partial charge on any atom is -0.313 e. The van der Waals surface area contributed by atoms with Gasteiger partial charge in [0.15, 0.2) is 0 Å². The Balaban J connectivity index is 1.91. The third kappa shape index (κ3) is 2.27. The lowest BCUT2D eigenvalue weighted by Gasteiger charge is -2.25. The Morgan fingerprint density at radius 3 is 2.20 bits per heavy atom. The molecule has 0 heterocycles. The van der Waals surface area contributed by atoms with Crippen LogP contribution in [0.3, 0.4) is 0 Å². The third-order valence-electron chi connectivity index (χ3n) is 4.85. The molecule has 0 amide bonds. The first-order chi connectivity index (χ1) is 9.70. The van der Waals surface area contributed by atoms with Crippen molar-refractivity contribution in [3.63, 3.8) is 0 Å². The predicted octanol–water partition coefficient (Wildman–Crippen LogP) is 3.98. The quantitative estimate of drug-likeness (QED) is 0.885. The van der Waals surface area contributed by atoms with E-state index < -0.39 is 0 Å². The Morgan fingerprint density at radius 1 is 0.950 bits per heavy atom. The monoisotopic (exact) mass is 265 g/mol. The summed E-state index contributed by atoms with van der Waals surface area (Å²) in [6.07, 6.45) is 2.38. The maximum atomic E-state index is 3.56. The molecule has 1 aliphatic rings. The second-order valence-electron chi connectivity index (χ2n) is 5.99. The molecular weight excluding hydrogens is 242 g/mol. The standard InChI is InChI=1S/C19H23N/c1-13-7-6-10-18(14(13)2)19(20-3)17-11-15-8-4-5-9-16(15)12-17/h4-10,17,19-20H,11-12H2,1-3H3. The van der Waals surface area contributed by atoms with Gasteiger partial charge in [0.1, 0.15) is 0 Å². The second kappa shape index (κ2) is 5.41. The van der Waals surface area contributed by atoms with Crippen LogP contribution >= 0.6 is 0 Å². The van der Waals surface area contributed by atoms with Crippen LogP contribution in [-0.2, 0) is 12.8 Å². The van der Waals surface area contributed by atoms with Crippen LogP contribution in [0.5, 0.6) is 0 Å². The number of benzene rings is 2. The van der Waals surface area contributed by atoms with E-state index in [-0.39, 0.29) is 0 Å². The van der Waals surface area contributed by atoms with Gasteiger partial charge in [-0.25, -0.2) is 0 Å². The summed E-state index contributed by atoms with van der Waals surface area (Å²) in [5.41, 5.74) is 7.34. The number of fused-ring (bicyclic) bond motifs is 1. The van der Waals surface area contributed by atoms with Crippen molar-refractivity contribution in [2.75, 3.05) is 7.05 Å². The van der Waals surface area contributed by atoms with E-state index in [0.717, 1.165) is 0 Å². The molecule has 1 heteroatoms. The van der Waals surface area contributed by atoms with Crippen LogP contribution in [-0.4, -0.2) is 7.05 Å². The van der Waals surface area contributed by atoms with E-state index in [1.165, 1.54) is 40.7 Å². The van der Waals surface area contributed by atoms with Crippen LogP contribution in [0, 0.1) is 19.8 Å². The fourth-order valence-corrected chi connectivity index (χ4v) is 3.58. The fraction of sp³-hybridized carbons (Fsp3) is 0.368.